The average molecular weight is 314 g/mol. The summed E-state index contributed by atoms with van der Waals surface area (Å²) in [6.07, 6.45) is 0.943. The van der Waals surface area contributed by atoms with Crippen LogP contribution in [0.4, 0.5) is 0 Å². The molecule has 0 aromatic heterocycles. The van der Waals surface area contributed by atoms with Crippen LogP contribution in [0.15, 0.2) is 29.2 Å². The molecule has 1 aromatic carbocycles. The van der Waals surface area contributed by atoms with Gasteiger partial charge in [-0.2, -0.15) is 4.31 Å². The molecule has 6 heteroatoms. The molecule has 0 saturated carbocycles. The standard InChI is InChI=1S/C14H22N2O2S2/c1-4-11(3)10-16(5-2)20(17,18)13-8-6-7-12(9-13)14(15)19/h6-9,11H,4-5,10H2,1-3H3,(H2,15,19). The van der Waals surface area contributed by atoms with E-state index in [2.05, 4.69) is 6.92 Å². The topological polar surface area (TPSA) is 63.4 Å². The summed E-state index contributed by atoms with van der Waals surface area (Å²) < 4.78 is 26.8. The predicted octanol–water partition coefficient (Wildman–Crippen LogP) is 2.38. The van der Waals surface area contributed by atoms with Gasteiger partial charge in [-0.25, -0.2) is 8.42 Å². The Balaban J connectivity index is 3.13. The maximum absolute atomic E-state index is 12.6. The average Bonchev–Trinajstić information content (AvgIpc) is 2.44. The number of nitrogens with zero attached hydrogens (tertiary/aromatic N) is 1. The molecule has 112 valence electrons. The van der Waals surface area contributed by atoms with Crippen molar-refractivity contribution in [1.29, 1.82) is 0 Å². The third-order valence-electron chi connectivity index (χ3n) is 3.32. The van der Waals surface area contributed by atoms with Crippen LogP contribution in [0.2, 0.25) is 0 Å². The lowest BCUT2D eigenvalue weighted by Gasteiger charge is -2.23. The fraction of sp³-hybridized carbons (Fsp3) is 0.500. The normalized spacial score (nSPS) is 13.4. The SMILES string of the molecule is CCC(C)CN(CC)S(=O)(=O)c1cccc(C(N)=S)c1. The molecule has 0 heterocycles. The van der Waals surface area contributed by atoms with E-state index in [1.807, 2.05) is 13.8 Å². The van der Waals surface area contributed by atoms with Crippen LogP contribution in [0.5, 0.6) is 0 Å². The number of sulfonamides is 1. The zero-order valence-electron chi connectivity index (χ0n) is 12.2. The predicted molar refractivity (Wildman–Crippen MR) is 86.2 cm³/mol. The van der Waals surface area contributed by atoms with Crippen molar-refractivity contribution in [3.05, 3.63) is 29.8 Å². The minimum Gasteiger partial charge on any atom is -0.389 e. The first-order chi connectivity index (χ1) is 9.32. The highest BCUT2D eigenvalue weighted by Gasteiger charge is 2.24. The molecule has 0 bridgehead atoms. The zero-order valence-corrected chi connectivity index (χ0v) is 13.8. The Morgan fingerprint density at radius 2 is 2.05 bits per heavy atom. The van der Waals surface area contributed by atoms with Crippen molar-refractivity contribution in [2.24, 2.45) is 11.7 Å². The third-order valence-corrected chi connectivity index (χ3v) is 5.49. The third kappa shape index (κ3) is 4.01. The van der Waals surface area contributed by atoms with Gasteiger partial charge in [0.2, 0.25) is 10.0 Å². The minimum atomic E-state index is -3.49. The van der Waals surface area contributed by atoms with Crippen molar-refractivity contribution >= 4 is 27.2 Å². The first kappa shape index (κ1) is 17.1. The van der Waals surface area contributed by atoms with E-state index in [1.54, 1.807) is 18.2 Å². The molecule has 0 radical (unpaired) electrons. The maximum atomic E-state index is 12.6. The minimum absolute atomic E-state index is 0.201. The van der Waals surface area contributed by atoms with Crippen LogP contribution in [0.1, 0.15) is 32.8 Å². The second-order valence-electron chi connectivity index (χ2n) is 4.86. The second kappa shape index (κ2) is 7.15. The van der Waals surface area contributed by atoms with Gasteiger partial charge in [-0.1, -0.05) is 51.5 Å². The van der Waals surface area contributed by atoms with E-state index < -0.39 is 10.0 Å². The summed E-state index contributed by atoms with van der Waals surface area (Å²) in [5.74, 6) is 0.323. The highest BCUT2D eigenvalue weighted by Crippen LogP contribution is 2.19. The number of nitrogens with two attached hydrogens (primary N) is 1. The molecule has 0 fully saturated rings. The van der Waals surface area contributed by atoms with E-state index in [0.29, 0.717) is 24.6 Å². The Bertz CT molecular complexity index is 570. The highest BCUT2D eigenvalue weighted by atomic mass is 32.2. The molecule has 0 saturated heterocycles. The summed E-state index contributed by atoms with van der Waals surface area (Å²) in [5, 5.41) is 0. The second-order valence-corrected chi connectivity index (χ2v) is 7.24. The molecule has 2 N–H and O–H groups in total. The number of thiocarbonyl (C=S) groups is 1. The summed E-state index contributed by atoms with van der Waals surface area (Å²) in [6, 6.07) is 6.50. The Hall–Kier alpha value is -0.980. The lowest BCUT2D eigenvalue weighted by Crippen LogP contribution is -2.34. The maximum Gasteiger partial charge on any atom is 0.243 e. The van der Waals surface area contributed by atoms with E-state index in [9.17, 15) is 8.42 Å². The Labute approximate surface area is 127 Å². The lowest BCUT2D eigenvalue weighted by atomic mass is 10.1. The van der Waals surface area contributed by atoms with Gasteiger partial charge >= 0.3 is 0 Å². The van der Waals surface area contributed by atoms with Gasteiger partial charge in [-0.15, -0.1) is 0 Å². The molecular weight excluding hydrogens is 292 g/mol. The van der Waals surface area contributed by atoms with Crippen molar-refractivity contribution in [2.75, 3.05) is 13.1 Å². The van der Waals surface area contributed by atoms with Crippen molar-refractivity contribution in [3.63, 3.8) is 0 Å². The van der Waals surface area contributed by atoms with E-state index >= 15 is 0 Å². The fourth-order valence-electron chi connectivity index (χ4n) is 1.83. The van der Waals surface area contributed by atoms with Crippen LogP contribution in [0.3, 0.4) is 0 Å². The number of rotatable bonds is 7. The molecule has 1 atom stereocenters. The van der Waals surface area contributed by atoms with Crippen molar-refractivity contribution < 1.29 is 8.42 Å². The Morgan fingerprint density at radius 1 is 1.40 bits per heavy atom. The van der Waals surface area contributed by atoms with Crippen molar-refractivity contribution in [2.45, 2.75) is 32.1 Å². The summed E-state index contributed by atoms with van der Waals surface area (Å²) in [6.45, 7) is 6.91. The zero-order chi connectivity index (χ0) is 15.3. The first-order valence-corrected chi connectivity index (χ1v) is 8.57. The van der Waals surface area contributed by atoms with Crippen LogP contribution in [0.25, 0.3) is 0 Å². The van der Waals surface area contributed by atoms with Gasteiger partial charge in [0, 0.05) is 18.7 Å². The number of benzene rings is 1. The van der Waals surface area contributed by atoms with E-state index in [1.165, 1.54) is 10.4 Å². The summed E-state index contributed by atoms with van der Waals surface area (Å²) in [7, 11) is -3.49. The van der Waals surface area contributed by atoms with Crippen LogP contribution >= 0.6 is 12.2 Å². The van der Waals surface area contributed by atoms with Gasteiger partial charge in [0.15, 0.2) is 0 Å². The summed E-state index contributed by atoms with van der Waals surface area (Å²) in [4.78, 5) is 0.444. The summed E-state index contributed by atoms with van der Waals surface area (Å²) in [5.41, 5.74) is 6.13. The van der Waals surface area contributed by atoms with Gasteiger partial charge in [0.25, 0.3) is 0 Å². The highest BCUT2D eigenvalue weighted by molar-refractivity contribution is 7.89. The molecule has 0 aliphatic heterocycles. The van der Waals surface area contributed by atoms with Crippen molar-refractivity contribution in [1.82, 2.24) is 4.31 Å². The van der Waals surface area contributed by atoms with Gasteiger partial charge < -0.3 is 5.73 Å². The Kier molecular flexibility index (Phi) is 6.10. The monoisotopic (exact) mass is 314 g/mol. The fourth-order valence-corrected chi connectivity index (χ4v) is 3.57. The molecule has 4 nitrogen and oxygen atoms in total. The quantitative estimate of drug-likeness (QED) is 0.785. The van der Waals surface area contributed by atoms with Crippen molar-refractivity contribution in [3.8, 4) is 0 Å². The molecule has 0 spiro atoms. The van der Waals surface area contributed by atoms with Gasteiger partial charge in [0.05, 0.1) is 4.90 Å². The van der Waals surface area contributed by atoms with Crippen LogP contribution < -0.4 is 5.73 Å². The smallest absolute Gasteiger partial charge is 0.243 e. The number of hydrogen-bond acceptors (Lipinski definition) is 3. The van der Waals surface area contributed by atoms with Gasteiger partial charge in [-0.05, 0) is 18.1 Å². The van der Waals surface area contributed by atoms with Crippen LogP contribution in [-0.2, 0) is 10.0 Å². The molecule has 0 aliphatic rings. The molecule has 1 rings (SSSR count). The van der Waals surface area contributed by atoms with E-state index in [0.717, 1.165) is 6.42 Å². The van der Waals surface area contributed by atoms with Crippen LogP contribution in [0, 0.1) is 5.92 Å². The van der Waals surface area contributed by atoms with Crippen LogP contribution in [-0.4, -0.2) is 30.8 Å². The summed E-state index contributed by atoms with van der Waals surface area (Å²) >= 11 is 4.90. The molecule has 1 unspecified atom stereocenters. The molecule has 0 aliphatic carbocycles. The number of hydrogen-bond donors (Lipinski definition) is 1. The first-order valence-electron chi connectivity index (χ1n) is 6.72. The lowest BCUT2D eigenvalue weighted by molar-refractivity contribution is 0.361. The van der Waals surface area contributed by atoms with E-state index in [4.69, 9.17) is 18.0 Å². The largest absolute Gasteiger partial charge is 0.389 e. The van der Waals surface area contributed by atoms with E-state index in [-0.39, 0.29) is 9.88 Å². The molecule has 20 heavy (non-hydrogen) atoms. The Morgan fingerprint density at radius 3 is 2.55 bits per heavy atom. The van der Waals surface area contributed by atoms with Gasteiger partial charge in [-0.3, -0.25) is 0 Å². The van der Waals surface area contributed by atoms with Gasteiger partial charge in [0.1, 0.15) is 4.99 Å². The molecule has 1 aromatic rings. The molecular formula is C14H22N2O2S2. The molecule has 0 amide bonds.